The van der Waals surface area contributed by atoms with E-state index in [2.05, 4.69) is 15.4 Å². The molecule has 2 N–H and O–H groups in total. The number of carboxylic acids is 1. The van der Waals surface area contributed by atoms with Crippen LogP contribution in [-0.4, -0.2) is 36.3 Å². The number of nitrogens with one attached hydrogen (secondary N) is 1. The van der Waals surface area contributed by atoms with Crippen molar-refractivity contribution in [3.8, 4) is 5.75 Å². The summed E-state index contributed by atoms with van der Waals surface area (Å²) < 4.78 is 5.73. The van der Waals surface area contributed by atoms with E-state index in [1.54, 1.807) is 36.4 Å². The first-order valence-electron chi connectivity index (χ1n) is 11.0. The molecule has 3 aromatic rings. The van der Waals surface area contributed by atoms with Crippen LogP contribution in [0.15, 0.2) is 65.8 Å². The second-order valence-electron chi connectivity index (χ2n) is 8.04. The van der Waals surface area contributed by atoms with Gasteiger partial charge in [-0.05, 0) is 72.5 Å². The molecule has 0 saturated carbocycles. The van der Waals surface area contributed by atoms with Gasteiger partial charge in [0.25, 0.3) is 5.91 Å². The predicted octanol–water partition coefficient (Wildman–Crippen LogP) is 5.63. The van der Waals surface area contributed by atoms with Crippen molar-refractivity contribution in [2.24, 2.45) is 5.10 Å². The number of ether oxygens (including phenoxy) is 1. The van der Waals surface area contributed by atoms with Gasteiger partial charge in [-0.1, -0.05) is 35.3 Å². The topological polar surface area (TPSA) is 91.2 Å². The number of carboxylic acid groups (broad SMARTS) is 1. The maximum atomic E-state index is 12.4. The van der Waals surface area contributed by atoms with Crippen LogP contribution in [-0.2, 0) is 6.61 Å². The molecule has 0 atom stereocenters. The highest BCUT2D eigenvalue weighted by Crippen LogP contribution is 2.34. The van der Waals surface area contributed by atoms with E-state index in [1.807, 2.05) is 12.1 Å². The average Bonchev–Trinajstić information content (AvgIpc) is 3.39. The highest BCUT2D eigenvalue weighted by atomic mass is 35.5. The Bertz CT molecular complexity index is 1220. The minimum Gasteiger partial charge on any atom is -0.486 e. The van der Waals surface area contributed by atoms with Crippen LogP contribution in [0.2, 0.25) is 10.0 Å². The Kier molecular flexibility index (Phi) is 7.90. The third kappa shape index (κ3) is 6.32. The molecule has 1 aliphatic rings. The zero-order valence-corrected chi connectivity index (χ0v) is 20.2. The maximum Gasteiger partial charge on any atom is 0.335 e. The number of aromatic carboxylic acids is 1. The van der Waals surface area contributed by atoms with Crippen LogP contribution in [0.4, 0.5) is 5.69 Å². The van der Waals surface area contributed by atoms with Gasteiger partial charge in [0.2, 0.25) is 0 Å². The van der Waals surface area contributed by atoms with Gasteiger partial charge in [0.15, 0.2) is 5.75 Å². The van der Waals surface area contributed by atoms with Crippen molar-refractivity contribution >= 4 is 47.0 Å². The van der Waals surface area contributed by atoms with Gasteiger partial charge in [-0.25, -0.2) is 10.2 Å². The minimum absolute atomic E-state index is 0.166. The number of anilines is 1. The molecule has 1 heterocycles. The second kappa shape index (κ2) is 11.3. The van der Waals surface area contributed by atoms with Crippen LogP contribution in [0, 0.1) is 0 Å². The smallest absolute Gasteiger partial charge is 0.335 e. The Labute approximate surface area is 212 Å². The lowest BCUT2D eigenvalue weighted by molar-refractivity contribution is 0.0696. The molecule has 0 radical (unpaired) electrons. The summed E-state index contributed by atoms with van der Waals surface area (Å²) in [7, 11) is 0. The lowest BCUT2D eigenvalue weighted by Crippen LogP contribution is -2.19. The monoisotopic (exact) mass is 511 g/mol. The fraction of sp³-hybridized carbons (Fsp3) is 0.192. The number of hydrazone groups is 1. The predicted molar refractivity (Wildman–Crippen MR) is 137 cm³/mol. The normalized spacial score (nSPS) is 13.3. The third-order valence-electron chi connectivity index (χ3n) is 5.59. The molecule has 1 saturated heterocycles. The molecule has 3 aromatic carbocycles. The zero-order valence-electron chi connectivity index (χ0n) is 18.7. The highest BCUT2D eigenvalue weighted by molar-refractivity contribution is 6.37. The fourth-order valence-electron chi connectivity index (χ4n) is 3.72. The Morgan fingerprint density at radius 2 is 1.57 bits per heavy atom. The van der Waals surface area contributed by atoms with Gasteiger partial charge < -0.3 is 14.7 Å². The summed E-state index contributed by atoms with van der Waals surface area (Å²) in [5.41, 5.74) is 5.69. The number of rotatable bonds is 8. The summed E-state index contributed by atoms with van der Waals surface area (Å²) >= 11 is 12.7. The average molecular weight is 512 g/mol. The van der Waals surface area contributed by atoms with E-state index < -0.39 is 5.97 Å². The number of hydrogen-bond donors (Lipinski definition) is 2. The number of amides is 1. The molecule has 0 unspecified atom stereocenters. The van der Waals surface area contributed by atoms with E-state index >= 15 is 0 Å². The Morgan fingerprint density at radius 3 is 2.17 bits per heavy atom. The number of carbonyl (C=O) groups excluding carboxylic acids is 1. The van der Waals surface area contributed by atoms with Crippen molar-refractivity contribution in [2.45, 2.75) is 19.4 Å². The SMILES string of the molecule is O=C(O)c1ccc(COc2c(Cl)cc(/C=N\NC(=O)c3ccc(N4CCCC4)cc3)cc2Cl)cc1. The molecule has 180 valence electrons. The summed E-state index contributed by atoms with van der Waals surface area (Å²) in [6.07, 6.45) is 3.84. The molecule has 0 spiro atoms. The van der Waals surface area contributed by atoms with Crippen LogP contribution < -0.4 is 15.1 Å². The molecule has 1 amide bonds. The van der Waals surface area contributed by atoms with Crippen molar-refractivity contribution < 1.29 is 19.4 Å². The first-order valence-corrected chi connectivity index (χ1v) is 11.8. The third-order valence-corrected chi connectivity index (χ3v) is 6.15. The fourth-order valence-corrected chi connectivity index (χ4v) is 4.33. The molecule has 1 fully saturated rings. The van der Waals surface area contributed by atoms with Crippen molar-refractivity contribution in [3.63, 3.8) is 0 Å². The van der Waals surface area contributed by atoms with Gasteiger partial charge in [-0.15, -0.1) is 0 Å². The Balaban J connectivity index is 1.34. The molecule has 0 aliphatic carbocycles. The minimum atomic E-state index is -0.993. The van der Waals surface area contributed by atoms with E-state index in [0.29, 0.717) is 16.9 Å². The molecule has 7 nitrogen and oxygen atoms in total. The van der Waals surface area contributed by atoms with E-state index in [4.69, 9.17) is 33.0 Å². The van der Waals surface area contributed by atoms with E-state index in [9.17, 15) is 9.59 Å². The first kappa shape index (κ1) is 24.6. The van der Waals surface area contributed by atoms with Crippen LogP contribution in [0.25, 0.3) is 0 Å². The lowest BCUT2D eigenvalue weighted by Gasteiger charge is -2.17. The van der Waals surface area contributed by atoms with Gasteiger partial charge >= 0.3 is 5.97 Å². The van der Waals surface area contributed by atoms with Gasteiger partial charge in [-0.3, -0.25) is 4.79 Å². The molecular formula is C26H23Cl2N3O4. The zero-order chi connectivity index (χ0) is 24.8. The number of benzene rings is 3. The Hall–Kier alpha value is -3.55. The summed E-state index contributed by atoms with van der Waals surface area (Å²) in [6.45, 7) is 2.26. The highest BCUT2D eigenvalue weighted by Gasteiger charge is 2.13. The largest absolute Gasteiger partial charge is 0.486 e. The molecule has 4 rings (SSSR count). The van der Waals surface area contributed by atoms with E-state index in [1.165, 1.54) is 31.2 Å². The standard InChI is InChI=1S/C26H23Cl2N3O4/c27-22-13-18(14-23(28)24(22)35-16-17-3-5-20(6-4-17)26(33)34)15-29-30-25(32)19-7-9-21(10-8-19)31-11-1-2-12-31/h3-10,13-15H,1-2,11-12,16H2,(H,30,32)(H,33,34)/b29-15-. The molecule has 9 heteroatoms. The number of halogens is 2. The number of carbonyl (C=O) groups is 2. The van der Waals surface area contributed by atoms with Crippen LogP contribution in [0.5, 0.6) is 5.75 Å². The van der Waals surface area contributed by atoms with Crippen molar-refractivity contribution in [3.05, 3.63) is 93.0 Å². The summed E-state index contributed by atoms with van der Waals surface area (Å²) in [5.74, 6) is -1.01. The molecule has 1 aliphatic heterocycles. The first-order chi connectivity index (χ1) is 16.9. The van der Waals surface area contributed by atoms with E-state index in [0.717, 1.165) is 24.3 Å². The molecular weight excluding hydrogens is 489 g/mol. The summed E-state index contributed by atoms with van der Waals surface area (Å²) in [5, 5.41) is 13.5. The number of hydrogen-bond acceptors (Lipinski definition) is 5. The van der Waals surface area contributed by atoms with Crippen LogP contribution in [0.1, 0.15) is 44.7 Å². The van der Waals surface area contributed by atoms with Crippen molar-refractivity contribution in [1.82, 2.24) is 5.43 Å². The summed E-state index contributed by atoms with van der Waals surface area (Å²) in [4.78, 5) is 25.6. The van der Waals surface area contributed by atoms with E-state index in [-0.39, 0.29) is 28.1 Å². The lowest BCUT2D eigenvalue weighted by atomic mass is 10.1. The second-order valence-corrected chi connectivity index (χ2v) is 8.86. The van der Waals surface area contributed by atoms with Gasteiger partial charge in [0.1, 0.15) is 6.61 Å². The molecule has 0 aromatic heterocycles. The van der Waals surface area contributed by atoms with Gasteiger partial charge in [-0.2, -0.15) is 5.10 Å². The molecule has 0 bridgehead atoms. The number of nitrogens with zero attached hydrogens (tertiary/aromatic N) is 2. The van der Waals surface area contributed by atoms with Crippen LogP contribution >= 0.6 is 23.2 Å². The van der Waals surface area contributed by atoms with Gasteiger partial charge in [0.05, 0.1) is 21.8 Å². The van der Waals surface area contributed by atoms with Gasteiger partial charge in [0, 0.05) is 24.3 Å². The van der Waals surface area contributed by atoms with Crippen molar-refractivity contribution in [2.75, 3.05) is 18.0 Å². The molecule has 35 heavy (non-hydrogen) atoms. The van der Waals surface area contributed by atoms with Crippen molar-refractivity contribution in [1.29, 1.82) is 0 Å². The summed E-state index contributed by atoms with van der Waals surface area (Å²) in [6, 6.07) is 17.0. The van der Waals surface area contributed by atoms with Crippen LogP contribution in [0.3, 0.4) is 0 Å². The quantitative estimate of drug-likeness (QED) is 0.301. The maximum absolute atomic E-state index is 12.4. The Morgan fingerprint density at radius 1 is 0.971 bits per heavy atom.